The third-order valence-electron chi connectivity index (χ3n) is 3.01. The predicted molar refractivity (Wildman–Crippen MR) is 80.2 cm³/mol. The van der Waals surface area contributed by atoms with Crippen LogP contribution in [0.1, 0.15) is 0 Å². The maximum atomic E-state index is 12.8. The maximum Gasteiger partial charge on any atom is 0.322 e. The first-order valence-electron chi connectivity index (χ1n) is 6.46. The van der Waals surface area contributed by atoms with E-state index in [9.17, 15) is 18.4 Å². The van der Waals surface area contributed by atoms with Crippen LogP contribution < -0.4 is 10.5 Å². The van der Waals surface area contributed by atoms with Gasteiger partial charge in [0.15, 0.2) is 5.69 Å². The van der Waals surface area contributed by atoms with Gasteiger partial charge >= 0.3 is 5.97 Å². The smallest absolute Gasteiger partial charge is 0.322 e. The van der Waals surface area contributed by atoms with Crippen molar-refractivity contribution in [2.75, 3.05) is 11.9 Å². The molecule has 1 unspecified atom stereocenters. The second kappa shape index (κ2) is 6.75. The van der Waals surface area contributed by atoms with E-state index in [1.54, 1.807) is 6.07 Å². The Balaban J connectivity index is 2.55. The number of quaternary nitrogens is 1. The molecular weight excluding hydrogens is 324 g/mol. The van der Waals surface area contributed by atoms with Gasteiger partial charge in [0.1, 0.15) is 11.4 Å². The Hall–Kier alpha value is -2.46. The SMILES string of the molecule is O=C(O)CNc1ccccc1S(=O)(=O)c1ccccc1[NH+]([O-])O. The lowest BCUT2D eigenvalue weighted by Crippen LogP contribution is -2.99. The van der Waals surface area contributed by atoms with E-state index in [0.717, 1.165) is 0 Å². The van der Waals surface area contributed by atoms with E-state index in [2.05, 4.69) is 5.32 Å². The zero-order valence-corrected chi connectivity index (χ0v) is 12.6. The number of anilines is 1. The zero-order valence-electron chi connectivity index (χ0n) is 11.8. The van der Waals surface area contributed by atoms with Crippen LogP contribution in [-0.4, -0.2) is 31.2 Å². The molecule has 23 heavy (non-hydrogen) atoms. The van der Waals surface area contributed by atoms with Crippen molar-refractivity contribution < 1.29 is 28.8 Å². The van der Waals surface area contributed by atoms with Crippen LogP contribution in [-0.2, 0) is 14.6 Å². The summed E-state index contributed by atoms with van der Waals surface area (Å²) in [6.45, 7) is -0.465. The molecule has 2 rings (SSSR count). The summed E-state index contributed by atoms with van der Waals surface area (Å²) in [5.41, 5.74) is -0.254. The van der Waals surface area contributed by atoms with Crippen molar-refractivity contribution in [3.63, 3.8) is 0 Å². The van der Waals surface area contributed by atoms with Crippen LogP contribution in [0, 0.1) is 5.21 Å². The van der Waals surface area contributed by atoms with E-state index in [0.29, 0.717) is 0 Å². The van der Waals surface area contributed by atoms with Gasteiger partial charge in [0.2, 0.25) is 9.84 Å². The highest BCUT2D eigenvalue weighted by molar-refractivity contribution is 7.91. The Labute approximate surface area is 132 Å². The van der Waals surface area contributed by atoms with Gasteiger partial charge in [0.05, 0.1) is 10.6 Å². The van der Waals surface area contributed by atoms with Gasteiger partial charge in [-0.15, -0.1) is 0 Å². The van der Waals surface area contributed by atoms with Gasteiger partial charge in [-0.2, -0.15) is 5.23 Å². The summed E-state index contributed by atoms with van der Waals surface area (Å²) in [6, 6.07) is 11.0. The Morgan fingerprint density at radius 2 is 1.65 bits per heavy atom. The van der Waals surface area contributed by atoms with Gasteiger partial charge < -0.3 is 15.6 Å². The number of aliphatic carboxylic acids is 1. The molecule has 0 spiro atoms. The molecule has 122 valence electrons. The molecule has 0 saturated carbocycles. The quantitative estimate of drug-likeness (QED) is 0.561. The Morgan fingerprint density at radius 3 is 2.26 bits per heavy atom. The fourth-order valence-corrected chi connectivity index (χ4v) is 3.64. The maximum absolute atomic E-state index is 12.8. The summed E-state index contributed by atoms with van der Waals surface area (Å²) in [4.78, 5) is 10.1. The monoisotopic (exact) mass is 338 g/mol. The molecular formula is C14H14N2O6S. The van der Waals surface area contributed by atoms with Crippen molar-refractivity contribution in [2.24, 2.45) is 0 Å². The first-order valence-corrected chi connectivity index (χ1v) is 7.94. The molecule has 0 amide bonds. The minimum atomic E-state index is -4.13. The van der Waals surface area contributed by atoms with Crippen LogP contribution >= 0.6 is 0 Å². The molecule has 0 radical (unpaired) electrons. The summed E-state index contributed by atoms with van der Waals surface area (Å²) in [7, 11) is -4.13. The molecule has 0 aromatic heterocycles. The van der Waals surface area contributed by atoms with Crippen LogP contribution in [0.5, 0.6) is 0 Å². The van der Waals surface area contributed by atoms with E-state index in [-0.39, 0.29) is 21.2 Å². The Morgan fingerprint density at radius 1 is 1.09 bits per heavy atom. The molecule has 0 aliphatic carbocycles. The molecule has 0 bridgehead atoms. The number of rotatable bonds is 6. The van der Waals surface area contributed by atoms with Gasteiger partial charge in [-0.3, -0.25) is 4.79 Å². The highest BCUT2D eigenvalue weighted by atomic mass is 32.2. The standard InChI is InChI=1S/C14H14N2O6S/c17-14(18)9-15-10-5-1-3-7-12(10)23(21,22)13-8-4-2-6-11(13)16(19)20/h1-8,15-16,19H,9H2,(H,17,18). The van der Waals surface area contributed by atoms with E-state index >= 15 is 0 Å². The molecule has 9 heteroatoms. The van der Waals surface area contributed by atoms with Crippen molar-refractivity contribution in [1.82, 2.24) is 0 Å². The number of para-hydroxylation sites is 2. The van der Waals surface area contributed by atoms with Gasteiger partial charge in [-0.05, 0) is 18.2 Å². The fourth-order valence-electron chi connectivity index (χ4n) is 2.01. The van der Waals surface area contributed by atoms with Crippen LogP contribution in [0.2, 0.25) is 0 Å². The molecule has 0 aliphatic rings. The average Bonchev–Trinajstić information content (AvgIpc) is 2.53. The zero-order chi connectivity index (χ0) is 17.0. The third kappa shape index (κ3) is 3.66. The molecule has 2 aromatic rings. The highest BCUT2D eigenvalue weighted by Gasteiger charge is 2.27. The second-order valence-electron chi connectivity index (χ2n) is 4.55. The minimum Gasteiger partial charge on any atom is -0.595 e. The number of carboxylic acids is 1. The lowest BCUT2D eigenvalue weighted by Gasteiger charge is -2.17. The van der Waals surface area contributed by atoms with Gasteiger partial charge in [0, 0.05) is 6.07 Å². The first-order chi connectivity index (χ1) is 10.8. The van der Waals surface area contributed by atoms with Crippen LogP contribution in [0.25, 0.3) is 0 Å². The van der Waals surface area contributed by atoms with Crippen LogP contribution in [0.3, 0.4) is 0 Å². The molecule has 0 aliphatic heterocycles. The lowest BCUT2D eigenvalue weighted by molar-refractivity contribution is -0.992. The largest absolute Gasteiger partial charge is 0.595 e. The average molecular weight is 338 g/mol. The van der Waals surface area contributed by atoms with E-state index in [4.69, 9.17) is 10.3 Å². The lowest BCUT2D eigenvalue weighted by atomic mass is 10.3. The van der Waals surface area contributed by atoms with E-state index in [1.165, 1.54) is 42.5 Å². The minimum absolute atomic E-state index is 0.0927. The summed E-state index contributed by atoms with van der Waals surface area (Å²) in [6.07, 6.45) is 0. The molecule has 0 heterocycles. The topological polar surface area (TPSA) is 131 Å². The van der Waals surface area contributed by atoms with E-state index < -0.39 is 27.6 Å². The summed E-state index contributed by atoms with van der Waals surface area (Å²) < 4.78 is 25.5. The van der Waals surface area contributed by atoms with Gasteiger partial charge in [-0.25, -0.2) is 13.6 Å². The molecule has 2 aromatic carbocycles. The molecule has 8 nitrogen and oxygen atoms in total. The number of hydrogen-bond donors (Lipinski definition) is 4. The Kier molecular flexibility index (Phi) is 4.96. The number of nitrogens with one attached hydrogen (secondary N) is 2. The number of hydrogen-bond acceptors (Lipinski definition) is 6. The van der Waals surface area contributed by atoms with Crippen LogP contribution in [0.4, 0.5) is 11.4 Å². The summed E-state index contributed by atoms with van der Waals surface area (Å²) in [5, 5.41) is 30.3. The van der Waals surface area contributed by atoms with Crippen molar-refractivity contribution in [3.8, 4) is 0 Å². The Bertz CT molecular complexity index is 820. The van der Waals surface area contributed by atoms with Crippen molar-refractivity contribution in [2.45, 2.75) is 9.79 Å². The summed E-state index contributed by atoms with van der Waals surface area (Å²) in [5.74, 6) is -1.15. The number of sulfone groups is 1. The molecule has 1 atom stereocenters. The second-order valence-corrected chi connectivity index (χ2v) is 6.43. The van der Waals surface area contributed by atoms with Gasteiger partial charge in [-0.1, -0.05) is 24.3 Å². The first kappa shape index (κ1) is 16.9. The summed E-state index contributed by atoms with van der Waals surface area (Å²) >= 11 is 0. The van der Waals surface area contributed by atoms with Crippen molar-refractivity contribution >= 4 is 27.2 Å². The molecule has 0 fully saturated rings. The molecule has 4 N–H and O–H groups in total. The molecule has 0 saturated heterocycles. The van der Waals surface area contributed by atoms with Crippen molar-refractivity contribution in [3.05, 3.63) is 53.7 Å². The fraction of sp³-hybridized carbons (Fsp3) is 0.0714. The van der Waals surface area contributed by atoms with Gasteiger partial charge in [0.25, 0.3) is 0 Å². The van der Waals surface area contributed by atoms with E-state index in [1.807, 2.05) is 0 Å². The number of carboxylic acid groups (broad SMARTS) is 1. The van der Waals surface area contributed by atoms with Crippen molar-refractivity contribution in [1.29, 1.82) is 0 Å². The van der Waals surface area contributed by atoms with Crippen LogP contribution in [0.15, 0.2) is 58.3 Å². The number of benzene rings is 2. The third-order valence-corrected chi connectivity index (χ3v) is 4.88. The predicted octanol–water partition coefficient (Wildman–Crippen LogP) is 0.419. The normalized spacial score (nSPS) is 12.6. The highest BCUT2D eigenvalue weighted by Crippen LogP contribution is 2.30. The number of carbonyl (C=O) groups is 1.